The third-order valence-electron chi connectivity index (χ3n) is 4.64. The molecule has 0 saturated carbocycles. The maximum Gasteiger partial charge on any atom is 0.335 e. The van der Waals surface area contributed by atoms with E-state index in [4.69, 9.17) is 16.7 Å². The molecule has 3 N–H and O–H groups in total. The summed E-state index contributed by atoms with van der Waals surface area (Å²) in [5.74, 6) is -2.14. The van der Waals surface area contributed by atoms with Gasteiger partial charge in [0.15, 0.2) is 5.65 Å². The monoisotopic (exact) mass is 440 g/mol. The van der Waals surface area contributed by atoms with Gasteiger partial charge in [-0.3, -0.25) is 14.7 Å². The molecule has 0 bridgehead atoms. The summed E-state index contributed by atoms with van der Waals surface area (Å²) in [6.07, 6.45) is 2.64. The van der Waals surface area contributed by atoms with E-state index in [1.54, 1.807) is 0 Å². The zero-order chi connectivity index (χ0) is 22.1. The van der Waals surface area contributed by atoms with Crippen molar-refractivity contribution in [2.45, 2.75) is 6.42 Å². The summed E-state index contributed by atoms with van der Waals surface area (Å²) in [7, 11) is 0. The zero-order valence-electron chi connectivity index (χ0n) is 15.7. The number of anilines is 1. The number of H-pyrrole nitrogens is 1. The van der Waals surface area contributed by atoms with Crippen molar-refractivity contribution in [3.05, 3.63) is 98.3 Å². The van der Waals surface area contributed by atoms with Crippen LogP contribution in [0.5, 0.6) is 0 Å². The largest absolute Gasteiger partial charge is 0.478 e. The quantitative estimate of drug-likeness (QED) is 0.440. The molecule has 4 aromatic rings. The summed E-state index contributed by atoms with van der Waals surface area (Å²) in [5, 5.41) is 14.5. The predicted molar refractivity (Wildman–Crippen MR) is 111 cm³/mol. The maximum absolute atomic E-state index is 14.1. The van der Waals surface area contributed by atoms with Gasteiger partial charge in [-0.2, -0.15) is 0 Å². The van der Waals surface area contributed by atoms with E-state index in [0.717, 1.165) is 4.52 Å². The number of halogens is 2. The molecule has 2 heterocycles. The first kappa shape index (κ1) is 20.3. The number of hydrogen-bond donors (Lipinski definition) is 3. The fourth-order valence-corrected chi connectivity index (χ4v) is 3.21. The van der Waals surface area contributed by atoms with Crippen LogP contribution < -0.4 is 10.9 Å². The van der Waals surface area contributed by atoms with Crippen LogP contribution in [0, 0.1) is 5.82 Å². The summed E-state index contributed by atoms with van der Waals surface area (Å²) in [6.45, 7) is 0. The minimum Gasteiger partial charge on any atom is -0.478 e. The van der Waals surface area contributed by atoms with E-state index in [1.165, 1.54) is 54.9 Å². The van der Waals surface area contributed by atoms with E-state index < -0.39 is 23.3 Å². The third-order valence-corrected chi connectivity index (χ3v) is 4.88. The highest BCUT2D eigenvalue weighted by atomic mass is 35.5. The van der Waals surface area contributed by atoms with Gasteiger partial charge in [-0.1, -0.05) is 17.7 Å². The highest BCUT2D eigenvalue weighted by molar-refractivity contribution is 6.30. The lowest BCUT2D eigenvalue weighted by Gasteiger charge is -2.06. The maximum atomic E-state index is 14.1. The average molecular weight is 441 g/mol. The first-order valence-electron chi connectivity index (χ1n) is 9.00. The molecule has 0 fully saturated rings. The number of aromatic carboxylic acids is 1. The topological polar surface area (TPSA) is 117 Å². The van der Waals surface area contributed by atoms with E-state index in [-0.39, 0.29) is 39.3 Å². The molecule has 0 aliphatic carbocycles. The molecule has 2 aromatic carbocycles. The normalized spacial score (nSPS) is 10.9. The van der Waals surface area contributed by atoms with E-state index in [2.05, 4.69) is 15.4 Å². The van der Waals surface area contributed by atoms with Crippen molar-refractivity contribution in [2.75, 3.05) is 5.32 Å². The summed E-state index contributed by atoms with van der Waals surface area (Å²) >= 11 is 5.75. The lowest BCUT2D eigenvalue weighted by atomic mass is 10.1. The molecule has 31 heavy (non-hydrogen) atoms. The minimum atomic E-state index is -1.08. The number of carbonyl (C=O) groups is 2. The van der Waals surface area contributed by atoms with Crippen LogP contribution in [-0.2, 0) is 6.42 Å². The molecule has 0 spiro atoms. The van der Waals surface area contributed by atoms with Gasteiger partial charge in [0.2, 0.25) is 0 Å². The lowest BCUT2D eigenvalue weighted by molar-refractivity contribution is 0.0696. The molecule has 0 atom stereocenters. The van der Waals surface area contributed by atoms with Gasteiger partial charge in [-0.25, -0.2) is 18.7 Å². The second kappa shape index (κ2) is 8.04. The van der Waals surface area contributed by atoms with E-state index in [0.29, 0.717) is 5.69 Å². The SMILES string of the molecule is O=C(O)c1ccc(NC(=O)c2c[nH]n3c(=O)c(Cc4ccc(Cl)cc4F)cnc23)cc1. The highest BCUT2D eigenvalue weighted by Gasteiger charge is 2.17. The van der Waals surface area contributed by atoms with Crippen molar-refractivity contribution < 1.29 is 19.1 Å². The number of aromatic amines is 1. The van der Waals surface area contributed by atoms with Crippen molar-refractivity contribution in [3.8, 4) is 0 Å². The number of rotatable bonds is 5. The number of hydrogen-bond acceptors (Lipinski definition) is 4. The number of amides is 1. The molecular weight excluding hydrogens is 427 g/mol. The summed E-state index contributed by atoms with van der Waals surface area (Å²) in [4.78, 5) is 40.5. The van der Waals surface area contributed by atoms with Crippen molar-refractivity contribution in [2.24, 2.45) is 0 Å². The molecule has 4 rings (SSSR count). The van der Waals surface area contributed by atoms with Gasteiger partial charge in [0.1, 0.15) is 11.4 Å². The lowest BCUT2D eigenvalue weighted by Crippen LogP contribution is -2.21. The van der Waals surface area contributed by atoms with Crippen molar-refractivity contribution in [3.63, 3.8) is 0 Å². The smallest absolute Gasteiger partial charge is 0.335 e. The fraction of sp³-hybridized carbons (Fsp3) is 0.0476. The van der Waals surface area contributed by atoms with Gasteiger partial charge in [-0.15, -0.1) is 0 Å². The van der Waals surface area contributed by atoms with Crippen LogP contribution in [0.3, 0.4) is 0 Å². The summed E-state index contributed by atoms with van der Waals surface area (Å²) in [6, 6.07) is 9.82. The van der Waals surface area contributed by atoms with Crippen molar-refractivity contribution in [1.29, 1.82) is 0 Å². The van der Waals surface area contributed by atoms with Gasteiger partial charge < -0.3 is 10.4 Å². The van der Waals surface area contributed by atoms with Gasteiger partial charge in [0.25, 0.3) is 11.5 Å². The first-order valence-corrected chi connectivity index (χ1v) is 9.38. The molecule has 0 aliphatic rings. The van der Waals surface area contributed by atoms with E-state index in [9.17, 15) is 18.8 Å². The molecule has 0 saturated heterocycles. The number of carboxylic acid groups (broad SMARTS) is 1. The Labute approximate surface area is 178 Å². The van der Waals surface area contributed by atoms with E-state index >= 15 is 0 Å². The molecule has 0 unspecified atom stereocenters. The molecule has 0 radical (unpaired) electrons. The Bertz CT molecular complexity index is 1380. The minimum absolute atomic E-state index is 0.00819. The average Bonchev–Trinajstić information content (AvgIpc) is 3.17. The Kier molecular flexibility index (Phi) is 5.26. The number of carboxylic acids is 1. The fourth-order valence-electron chi connectivity index (χ4n) is 3.05. The molecule has 156 valence electrons. The summed E-state index contributed by atoms with van der Waals surface area (Å²) in [5.41, 5.74) is 0.738. The number of aromatic nitrogens is 3. The van der Waals surface area contributed by atoms with Crippen molar-refractivity contribution >= 4 is 34.8 Å². The van der Waals surface area contributed by atoms with Crippen LogP contribution in [0.4, 0.5) is 10.1 Å². The first-order chi connectivity index (χ1) is 14.8. The highest BCUT2D eigenvalue weighted by Crippen LogP contribution is 2.18. The van der Waals surface area contributed by atoms with Crippen LogP contribution in [0.15, 0.2) is 59.7 Å². The van der Waals surface area contributed by atoms with Gasteiger partial charge in [-0.05, 0) is 42.0 Å². The van der Waals surface area contributed by atoms with E-state index in [1.807, 2.05) is 0 Å². The van der Waals surface area contributed by atoms with Crippen LogP contribution in [0.25, 0.3) is 5.65 Å². The van der Waals surface area contributed by atoms with Crippen molar-refractivity contribution in [1.82, 2.24) is 14.6 Å². The Balaban J connectivity index is 1.60. The number of carbonyl (C=O) groups excluding carboxylic acids is 1. The molecule has 0 aliphatic heterocycles. The third kappa shape index (κ3) is 4.03. The van der Waals surface area contributed by atoms with Gasteiger partial charge in [0.05, 0.1) is 5.56 Å². The number of nitrogens with zero attached hydrogens (tertiary/aromatic N) is 2. The molecular formula is C21H14ClFN4O4. The Hall–Kier alpha value is -3.98. The number of nitrogens with one attached hydrogen (secondary N) is 2. The van der Waals surface area contributed by atoms with Gasteiger partial charge >= 0.3 is 5.97 Å². The predicted octanol–water partition coefficient (Wildman–Crippen LogP) is 3.36. The number of benzene rings is 2. The van der Waals surface area contributed by atoms with Crippen LogP contribution in [0.2, 0.25) is 5.02 Å². The molecule has 8 nitrogen and oxygen atoms in total. The standard InChI is InChI=1S/C21H14ClFN4O4/c22-14-4-1-12(17(23)8-14)7-13-9-24-18-16(10-25-27(18)20(13)29)19(28)26-15-5-2-11(3-6-15)21(30)31/h1-6,8-10,25H,7H2,(H,26,28)(H,30,31). The summed E-state index contributed by atoms with van der Waals surface area (Å²) < 4.78 is 15.2. The number of fused-ring (bicyclic) bond motifs is 1. The second-order valence-electron chi connectivity index (χ2n) is 6.68. The second-order valence-corrected chi connectivity index (χ2v) is 7.12. The molecule has 1 amide bonds. The van der Waals surface area contributed by atoms with Crippen LogP contribution >= 0.6 is 11.6 Å². The molecule has 10 heteroatoms. The zero-order valence-corrected chi connectivity index (χ0v) is 16.5. The van der Waals surface area contributed by atoms with Gasteiger partial charge in [0, 0.05) is 35.1 Å². The molecule has 2 aromatic heterocycles. The Morgan fingerprint density at radius 3 is 2.58 bits per heavy atom. The Morgan fingerprint density at radius 1 is 1.16 bits per heavy atom. The van der Waals surface area contributed by atoms with Crippen LogP contribution in [0.1, 0.15) is 31.8 Å². The van der Waals surface area contributed by atoms with Crippen LogP contribution in [-0.4, -0.2) is 31.6 Å². The Morgan fingerprint density at radius 2 is 1.90 bits per heavy atom.